The fraction of sp³-hybridized carbons (Fsp3) is 0.500. The van der Waals surface area contributed by atoms with E-state index in [1.165, 1.54) is 0 Å². The van der Waals surface area contributed by atoms with Crippen molar-refractivity contribution in [2.24, 2.45) is 0 Å². The normalized spacial score (nSPS) is 11.1. The van der Waals surface area contributed by atoms with Crippen molar-refractivity contribution in [2.45, 2.75) is 20.3 Å². The number of hydrogen-bond donors (Lipinski definition) is 0. The molecule has 0 saturated carbocycles. The largest absolute Gasteiger partial charge is 0.498 e. The monoisotopic (exact) mass is 126 g/mol. The maximum absolute atomic E-state index is 5.22. The van der Waals surface area contributed by atoms with E-state index >= 15 is 0 Å². The van der Waals surface area contributed by atoms with E-state index in [2.05, 4.69) is 13.5 Å². The lowest BCUT2D eigenvalue weighted by Gasteiger charge is -2.01. The van der Waals surface area contributed by atoms with Gasteiger partial charge in [0.15, 0.2) is 0 Å². The topological polar surface area (TPSA) is 9.23 Å². The van der Waals surface area contributed by atoms with E-state index in [0.29, 0.717) is 0 Å². The van der Waals surface area contributed by atoms with Crippen LogP contribution in [0.25, 0.3) is 0 Å². The Balaban J connectivity index is 3.36. The molecule has 0 spiro atoms. The number of ether oxygens (including phenoxy) is 1. The van der Waals surface area contributed by atoms with Crippen LogP contribution in [0.4, 0.5) is 0 Å². The molecule has 0 N–H and O–H groups in total. The van der Waals surface area contributed by atoms with E-state index < -0.39 is 0 Å². The molecule has 0 aliphatic carbocycles. The van der Waals surface area contributed by atoms with Crippen molar-refractivity contribution in [3.05, 3.63) is 24.5 Å². The lowest BCUT2D eigenvalue weighted by atomic mass is 10.4. The molecule has 0 rings (SSSR count). The molecule has 0 bridgehead atoms. The Morgan fingerprint density at radius 3 is 2.78 bits per heavy atom. The molecule has 0 saturated heterocycles. The minimum atomic E-state index is 0.802. The molecule has 0 heterocycles. The lowest BCUT2D eigenvalue weighted by molar-refractivity contribution is 0.214. The number of rotatable bonds is 4. The standard InChI is InChI=1S/C8H14O/c1-4-6-8(3)9-7-5-2/h4,6H,1,5,7H2,2-3H3. The van der Waals surface area contributed by atoms with Crippen LogP contribution >= 0.6 is 0 Å². The van der Waals surface area contributed by atoms with Crippen molar-refractivity contribution in [3.8, 4) is 0 Å². The minimum absolute atomic E-state index is 0.802. The third-order valence-corrected chi connectivity index (χ3v) is 0.886. The molecule has 0 aromatic heterocycles. The van der Waals surface area contributed by atoms with Gasteiger partial charge in [0, 0.05) is 0 Å². The molecule has 0 aromatic rings. The maximum Gasteiger partial charge on any atom is 0.0928 e. The van der Waals surface area contributed by atoms with Crippen LogP contribution in [-0.4, -0.2) is 6.61 Å². The molecule has 52 valence electrons. The summed E-state index contributed by atoms with van der Waals surface area (Å²) >= 11 is 0. The quantitative estimate of drug-likeness (QED) is 0.415. The van der Waals surface area contributed by atoms with Crippen LogP contribution in [0.1, 0.15) is 20.3 Å². The van der Waals surface area contributed by atoms with Gasteiger partial charge in [0.25, 0.3) is 0 Å². The first-order chi connectivity index (χ1) is 4.31. The maximum atomic E-state index is 5.22. The van der Waals surface area contributed by atoms with Crippen molar-refractivity contribution in [3.63, 3.8) is 0 Å². The van der Waals surface area contributed by atoms with Crippen molar-refractivity contribution in [2.75, 3.05) is 6.61 Å². The van der Waals surface area contributed by atoms with E-state index in [1.54, 1.807) is 6.08 Å². The zero-order valence-electron chi connectivity index (χ0n) is 6.18. The van der Waals surface area contributed by atoms with Gasteiger partial charge in [0.1, 0.15) is 0 Å². The predicted molar refractivity (Wildman–Crippen MR) is 40.2 cm³/mol. The summed E-state index contributed by atoms with van der Waals surface area (Å²) in [7, 11) is 0. The molecule has 0 radical (unpaired) electrons. The summed E-state index contributed by atoms with van der Waals surface area (Å²) in [6.45, 7) is 8.37. The summed E-state index contributed by atoms with van der Waals surface area (Å²) in [4.78, 5) is 0. The molecular formula is C8H14O. The molecule has 1 heteroatoms. The Morgan fingerprint density at radius 1 is 1.67 bits per heavy atom. The molecule has 1 nitrogen and oxygen atoms in total. The third kappa shape index (κ3) is 5.15. The zero-order chi connectivity index (χ0) is 7.11. The van der Waals surface area contributed by atoms with E-state index in [-0.39, 0.29) is 0 Å². The summed E-state index contributed by atoms with van der Waals surface area (Å²) in [5, 5.41) is 0. The minimum Gasteiger partial charge on any atom is -0.498 e. The molecule has 0 aliphatic heterocycles. The van der Waals surface area contributed by atoms with Crippen LogP contribution in [0.2, 0.25) is 0 Å². The van der Waals surface area contributed by atoms with Gasteiger partial charge < -0.3 is 4.74 Å². The van der Waals surface area contributed by atoms with Gasteiger partial charge in [-0.2, -0.15) is 0 Å². The van der Waals surface area contributed by atoms with Gasteiger partial charge in [-0.05, 0) is 19.4 Å². The summed E-state index contributed by atoms with van der Waals surface area (Å²) < 4.78 is 5.22. The average molecular weight is 126 g/mol. The summed E-state index contributed by atoms with van der Waals surface area (Å²) in [5.41, 5.74) is 0. The van der Waals surface area contributed by atoms with Gasteiger partial charge in [-0.1, -0.05) is 19.6 Å². The van der Waals surface area contributed by atoms with Gasteiger partial charge in [-0.3, -0.25) is 0 Å². The second-order valence-corrected chi connectivity index (χ2v) is 1.86. The highest BCUT2D eigenvalue weighted by Gasteiger charge is 1.83. The summed E-state index contributed by atoms with van der Waals surface area (Å²) in [6.07, 6.45) is 4.64. The molecule has 0 aliphatic rings. The van der Waals surface area contributed by atoms with Gasteiger partial charge >= 0.3 is 0 Å². The Hall–Kier alpha value is -0.720. The number of hydrogen-bond acceptors (Lipinski definition) is 1. The molecule has 0 atom stereocenters. The SMILES string of the molecule is C=CC=C(C)OCCC. The Kier molecular flexibility index (Phi) is 4.98. The first kappa shape index (κ1) is 8.28. The molecular weight excluding hydrogens is 112 g/mol. The Morgan fingerprint density at radius 2 is 2.33 bits per heavy atom. The first-order valence-corrected chi connectivity index (χ1v) is 3.23. The highest BCUT2D eigenvalue weighted by molar-refractivity contribution is 5.01. The van der Waals surface area contributed by atoms with Crippen LogP contribution in [-0.2, 0) is 4.74 Å². The summed E-state index contributed by atoms with van der Waals surface area (Å²) in [6, 6.07) is 0. The van der Waals surface area contributed by atoms with Gasteiger partial charge in [-0.25, -0.2) is 0 Å². The van der Waals surface area contributed by atoms with E-state index in [9.17, 15) is 0 Å². The highest BCUT2D eigenvalue weighted by atomic mass is 16.5. The predicted octanol–water partition coefficient (Wildman–Crippen LogP) is 2.50. The summed E-state index contributed by atoms with van der Waals surface area (Å²) in [5.74, 6) is 0.937. The van der Waals surface area contributed by atoms with Gasteiger partial charge in [0.05, 0.1) is 12.4 Å². The average Bonchev–Trinajstić information content (AvgIpc) is 1.85. The zero-order valence-corrected chi connectivity index (χ0v) is 6.18. The van der Waals surface area contributed by atoms with Crippen molar-refractivity contribution < 1.29 is 4.74 Å². The highest BCUT2D eigenvalue weighted by Crippen LogP contribution is 1.95. The van der Waals surface area contributed by atoms with Crippen LogP contribution in [0.5, 0.6) is 0 Å². The molecule has 0 unspecified atom stereocenters. The van der Waals surface area contributed by atoms with Gasteiger partial charge in [0.2, 0.25) is 0 Å². The molecule has 9 heavy (non-hydrogen) atoms. The van der Waals surface area contributed by atoms with E-state index in [1.807, 2.05) is 13.0 Å². The third-order valence-electron chi connectivity index (χ3n) is 0.886. The second kappa shape index (κ2) is 5.42. The van der Waals surface area contributed by atoms with Crippen LogP contribution < -0.4 is 0 Å². The smallest absolute Gasteiger partial charge is 0.0928 e. The number of allylic oxidation sites excluding steroid dienone is 3. The first-order valence-electron chi connectivity index (χ1n) is 3.23. The molecule has 0 fully saturated rings. The van der Waals surface area contributed by atoms with Crippen molar-refractivity contribution >= 4 is 0 Å². The van der Waals surface area contributed by atoms with Crippen LogP contribution in [0.3, 0.4) is 0 Å². The second-order valence-electron chi connectivity index (χ2n) is 1.86. The fourth-order valence-corrected chi connectivity index (χ4v) is 0.477. The van der Waals surface area contributed by atoms with E-state index in [4.69, 9.17) is 4.74 Å². The van der Waals surface area contributed by atoms with Gasteiger partial charge in [-0.15, -0.1) is 0 Å². The van der Waals surface area contributed by atoms with Crippen molar-refractivity contribution in [1.82, 2.24) is 0 Å². The van der Waals surface area contributed by atoms with Crippen LogP contribution in [0.15, 0.2) is 24.5 Å². The Labute approximate surface area is 57.0 Å². The molecule has 0 amide bonds. The van der Waals surface area contributed by atoms with Crippen molar-refractivity contribution in [1.29, 1.82) is 0 Å². The lowest BCUT2D eigenvalue weighted by Crippen LogP contribution is -1.88. The molecule has 0 aromatic carbocycles. The van der Waals surface area contributed by atoms with E-state index in [0.717, 1.165) is 18.8 Å². The van der Waals surface area contributed by atoms with Crippen LogP contribution in [0, 0.1) is 0 Å². The fourth-order valence-electron chi connectivity index (χ4n) is 0.477. The Bertz CT molecular complexity index is 103.